The largest absolute Gasteiger partial charge is 0.481 e. The Morgan fingerprint density at radius 3 is 2.93 bits per heavy atom. The van der Waals surface area contributed by atoms with Gasteiger partial charge in [-0.2, -0.15) is 0 Å². The molecular weight excluding hydrogens is 190 g/mol. The van der Waals surface area contributed by atoms with E-state index >= 15 is 0 Å². The number of carboxylic acids is 1. The first-order valence-electron chi connectivity index (χ1n) is 5.18. The molecule has 1 fully saturated rings. The Morgan fingerprint density at radius 2 is 2.27 bits per heavy atom. The van der Waals surface area contributed by atoms with Crippen LogP contribution in [-0.2, 0) is 4.79 Å². The average Bonchev–Trinajstić information content (AvgIpc) is 2.65. The van der Waals surface area contributed by atoms with Gasteiger partial charge in [0.1, 0.15) is 0 Å². The summed E-state index contributed by atoms with van der Waals surface area (Å²) in [6, 6.07) is 8.11. The molecule has 0 radical (unpaired) electrons. The Hall–Kier alpha value is -1.35. The molecule has 1 aliphatic heterocycles. The van der Waals surface area contributed by atoms with E-state index in [0.717, 1.165) is 12.1 Å². The van der Waals surface area contributed by atoms with Crippen LogP contribution in [0.5, 0.6) is 0 Å². The van der Waals surface area contributed by atoms with Gasteiger partial charge in [-0.1, -0.05) is 29.8 Å². The van der Waals surface area contributed by atoms with Crippen LogP contribution in [-0.4, -0.2) is 24.2 Å². The van der Waals surface area contributed by atoms with Crippen LogP contribution in [0.15, 0.2) is 24.3 Å². The zero-order valence-electron chi connectivity index (χ0n) is 8.73. The second kappa shape index (κ2) is 4.03. The van der Waals surface area contributed by atoms with Gasteiger partial charge in [0, 0.05) is 19.0 Å². The zero-order valence-corrected chi connectivity index (χ0v) is 8.73. The highest BCUT2D eigenvalue weighted by atomic mass is 16.4. The normalized spacial score (nSPS) is 25.4. The van der Waals surface area contributed by atoms with E-state index in [4.69, 9.17) is 5.11 Å². The number of nitrogens with one attached hydrogen (secondary N) is 1. The number of carboxylic acid groups (broad SMARTS) is 1. The van der Waals surface area contributed by atoms with Gasteiger partial charge in [-0.3, -0.25) is 4.79 Å². The van der Waals surface area contributed by atoms with Crippen molar-refractivity contribution in [3.63, 3.8) is 0 Å². The summed E-state index contributed by atoms with van der Waals surface area (Å²) >= 11 is 0. The van der Waals surface area contributed by atoms with Gasteiger partial charge in [-0.15, -0.1) is 0 Å². The number of aliphatic carboxylic acids is 1. The second-order valence-corrected chi connectivity index (χ2v) is 4.12. The topological polar surface area (TPSA) is 49.3 Å². The van der Waals surface area contributed by atoms with Crippen LogP contribution < -0.4 is 5.32 Å². The molecule has 0 aliphatic carbocycles. The third-order valence-corrected chi connectivity index (χ3v) is 3.00. The summed E-state index contributed by atoms with van der Waals surface area (Å²) in [6.07, 6.45) is 0. The Morgan fingerprint density at radius 1 is 1.47 bits per heavy atom. The molecule has 2 N–H and O–H groups in total. The van der Waals surface area contributed by atoms with Crippen LogP contribution in [0.1, 0.15) is 17.0 Å². The van der Waals surface area contributed by atoms with E-state index in [-0.39, 0.29) is 11.8 Å². The van der Waals surface area contributed by atoms with Gasteiger partial charge in [0.15, 0.2) is 0 Å². The molecule has 1 heterocycles. The predicted octanol–water partition coefficient (Wildman–Crippen LogP) is 1.38. The van der Waals surface area contributed by atoms with Crippen LogP contribution in [0.4, 0.5) is 0 Å². The maximum Gasteiger partial charge on any atom is 0.308 e. The highest BCUT2D eigenvalue weighted by Gasteiger charge is 2.33. The second-order valence-electron chi connectivity index (χ2n) is 4.12. The van der Waals surface area contributed by atoms with Crippen molar-refractivity contribution >= 4 is 5.97 Å². The fourth-order valence-electron chi connectivity index (χ4n) is 2.19. The van der Waals surface area contributed by atoms with Crippen LogP contribution in [0.25, 0.3) is 0 Å². The summed E-state index contributed by atoms with van der Waals surface area (Å²) in [4.78, 5) is 11.0. The summed E-state index contributed by atoms with van der Waals surface area (Å²) in [6.45, 7) is 3.37. The van der Waals surface area contributed by atoms with Gasteiger partial charge in [-0.25, -0.2) is 0 Å². The Bertz CT molecular complexity index is 376. The SMILES string of the molecule is Cc1cccc([C@@H]2CNC[C@@H]2C(=O)O)c1. The van der Waals surface area contributed by atoms with Crippen molar-refractivity contribution in [1.29, 1.82) is 0 Å². The summed E-state index contributed by atoms with van der Waals surface area (Å²) in [5.74, 6) is -0.874. The summed E-state index contributed by atoms with van der Waals surface area (Å²) < 4.78 is 0. The molecule has 1 aliphatic rings. The predicted molar refractivity (Wildman–Crippen MR) is 57.9 cm³/mol. The quantitative estimate of drug-likeness (QED) is 0.767. The molecule has 3 nitrogen and oxygen atoms in total. The monoisotopic (exact) mass is 205 g/mol. The summed E-state index contributed by atoms with van der Waals surface area (Å²) in [7, 11) is 0. The molecule has 2 atom stereocenters. The highest BCUT2D eigenvalue weighted by Crippen LogP contribution is 2.28. The van der Waals surface area contributed by atoms with Crippen molar-refractivity contribution in [2.75, 3.05) is 13.1 Å². The van der Waals surface area contributed by atoms with E-state index < -0.39 is 5.97 Å². The van der Waals surface area contributed by atoms with E-state index in [9.17, 15) is 4.79 Å². The molecule has 0 amide bonds. The number of rotatable bonds is 2. The minimum atomic E-state index is -0.702. The third-order valence-electron chi connectivity index (χ3n) is 3.00. The van der Waals surface area contributed by atoms with Crippen molar-refractivity contribution in [3.05, 3.63) is 35.4 Å². The average molecular weight is 205 g/mol. The van der Waals surface area contributed by atoms with Gasteiger partial charge >= 0.3 is 5.97 Å². The standard InChI is InChI=1S/C12H15NO2/c1-8-3-2-4-9(5-8)10-6-13-7-11(10)12(14)15/h2-5,10-11,13H,6-7H2,1H3,(H,14,15)/t10-,11-/m0/s1. The molecular formula is C12H15NO2. The fraction of sp³-hybridized carbons (Fsp3) is 0.417. The third kappa shape index (κ3) is 2.02. The highest BCUT2D eigenvalue weighted by molar-refractivity contribution is 5.72. The first kappa shape index (κ1) is 10.2. The Labute approximate surface area is 89.1 Å². The van der Waals surface area contributed by atoms with Crippen molar-refractivity contribution in [2.24, 2.45) is 5.92 Å². The van der Waals surface area contributed by atoms with Crippen LogP contribution in [0.2, 0.25) is 0 Å². The lowest BCUT2D eigenvalue weighted by Crippen LogP contribution is -2.21. The molecule has 15 heavy (non-hydrogen) atoms. The molecule has 0 spiro atoms. The molecule has 2 rings (SSSR count). The summed E-state index contributed by atoms with van der Waals surface area (Å²) in [5, 5.41) is 12.2. The Balaban J connectivity index is 2.26. The molecule has 1 aromatic carbocycles. The van der Waals surface area contributed by atoms with E-state index in [2.05, 4.69) is 11.4 Å². The van der Waals surface area contributed by atoms with Crippen LogP contribution >= 0.6 is 0 Å². The van der Waals surface area contributed by atoms with Crippen molar-refractivity contribution in [1.82, 2.24) is 5.32 Å². The molecule has 3 heteroatoms. The van der Waals surface area contributed by atoms with Crippen molar-refractivity contribution < 1.29 is 9.90 Å². The van der Waals surface area contributed by atoms with E-state index in [0.29, 0.717) is 6.54 Å². The van der Waals surface area contributed by atoms with Crippen LogP contribution in [0.3, 0.4) is 0 Å². The first-order valence-corrected chi connectivity index (χ1v) is 5.18. The number of hydrogen-bond donors (Lipinski definition) is 2. The number of hydrogen-bond acceptors (Lipinski definition) is 2. The number of aryl methyl sites for hydroxylation is 1. The molecule has 0 aromatic heterocycles. The maximum absolute atomic E-state index is 11.0. The van der Waals surface area contributed by atoms with Gasteiger partial charge < -0.3 is 10.4 Å². The molecule has 0 bridgehead atoms. The number of carbonyl (C=O) groups is 1. The first-order chi connectivity index (χ1) is 7.18. The van der Waals surface area contributed by atoms with Gasteiger partial charge in [0.05, 0.1) is 5.92 Å². The minimum Gasteiger partial charge on any atom is -0.481 e. The van der Waals surface area contributed by atoms with Crippen molar-refractivity contribution in [3.8, 4) is 0 Å². The fourth-order valence-corrected chi connectivity index (χ4v) is 2.19. The van der Waals surface area contributed by atoms with Gasteiger partial charge in [0.2, 0.25) is 0 Å². The minimum absolute atomic E-state index is 0.113. The van der Waals surface area contributed by atoms with Gasteiger partial charge in [0.25, 0.3) is 0 Å². The zero-order chi connectivity index (χ0) is 10.8. The maximum atomic E-state index is 11.0. The van der Waals surface area contributed by atoms with Crippen LogP contribution in [0, 0.1) is 12.8 Å². The van der Waals surface area contributed by atoms with E-state index in [1.807, 2.05) is 25.1 Å². The lowest BCUT2D eigenvalue weighted by molar-refractivity contribution is -0.141. The molecule has 80 valence electrons. The summed E-state index contributed by atoms with van der Waals surface area (Å²) in [5.41, 5.74) is 2.32. The van der Waals surface area contributed by atoms with Crippen molar-refractivity contribution in [2.45, 2.75) is 12.8 Å². The van der Waals surface area contributed by atoms with Gasteiger partial charge in [-0.05, 0) is 12.5 Å². The molecule has 0 saturated carbocycles. The lowest BCUT2D eigenvalue weighted by Gasteiger charge is -2.15. The molecule has 1 saturated heterocycles. The lowest BCUT2D eigenvalue weighted by atomic mass is 9.88. The van der Waals surface area contributed by atoms with E-state index in [1.165, 1.54) is 5.56 Å². The molecule has 1 aromatic rings. The number of benzene rings is 1. The smallest absolute Gasteiger partial charge is 0.308 e. The Kier molecular flexibility index (Phi) is 2.73. The van der Waals surface area contributed by atoms with E-state index in [1.54, 1.807) is 0 Å². The molecule has 0 unspecified atom stereocenters.